The highest BCUT2D eigenvalue weighted by Crippen LogP contribution is 2.18. The first-order valence-corrected chi connectivity index (χ1v) is 7.91. The molecule has 22 heavy (non-hydrogen) atoms. The molecule has 120 valence electrons. The van der Waals surface area contributed by atoms with Crippen LogP contribution in [0.1, 0.15) is 18.9 Å². The van der Waals surface area contributed by atoms with E-state index in [2.05, 4.69) is 42.2 Å². The van der Waals surface area contributed by atoms with Gasteiger partial charge in [0.25, 0.3) is 5.91 Å². The lowest BCUT2D eigenvalue weighted by molar-refractivity contribution is -0.146. The number of hydrogen-bond acceptors (Lipinski definition) is 3. The number of allylic oxidation sites excluding steroid dienone is 1. The average Bonchev–Trinajstić information content (AvgIpc) is 2.55. The maximum atomic E-state index is 12.1. The first-order chi connectivity index (χ1) is 10.6. The van der Waals surface area contributed by atoms with Crippen molar-refractivity contribution in [3.05, 3.63) is 42.0 Å². The Morgan fingerprint density at radius 1 is 1.36 bits per heavy atom. The first-order valence-electron chi connectivity index (χ1n) is 7.91. The van der Waals surface area contributed by atoms with Crippen LogP contribution in [0.2, 0.25) is 0 Å². The highest BCUT2D eigenvalue weighted by atomic mass is 16.5. The fourth-order valence-corrected chi connectivity index (χ4v) is 2.70. The number of hydrogen-bond donors (Lipinski definition) is 0. The maximum absolute atomic E-state index is 12.1. The number of carbonyl (C=O) groups is 1. The van der Waals surface area contributed by atoms with Crippen molar-refractivity contribution in [1.29, 1.82) is 0 Å². The second kappa shape index (κ2) is 8.11. The van der Waals surface area contributed by atoms with Crippen molar-refractivity contribution in [3.8, 4) is 0 Å². The molecule has 0 saturated carbocycles. The van der Waals surface area contributed by atoms with Crippen LogP contribution in [0.25, 0.3) is 5.57 Å². The van der Waals surface area contributed by atoms with Crippen LogP contribution in [-0.4, -0.2) is 62.1 Å². The molecule has 0 bridgehead atoms. The minimum absolute atomic E-state index is 0.0467. The van der Waals surface area contributed by atoms with E-state index in [0.717, 1.165) is 19.5 Å². The van der Waals surface area contributed by atoms with E-state index in [1.807, 2.05) is 6.07 Å². The quantitative estimate of drug-likeness (QED) is 0.836. The van der Waals surface area contributed by atoms with E-state index in [-0.39, 0.29) is 12.0 Å². The average molecular weight is 302 g/mol. The molecule has 1 amide bonds. The number of amides is 1. The lowest BCUT2D eigenvalue weighted by atomic mass is 10.0. The number of benzene rings is 1. The van der Waals surface area contributed by atoms with Gasteiger partial charge in [-0.15, -0.1) is 0 Å². The highest BCUT2D eigenvalue weighted by Gasteiger charge is 2.28. The molecule has 4 heteroatoms. The van der Waals surface area contributed by atoms with Crippen LogP contribution in [0.3, 0.4) is 0 Å². The van der Waals surface area contributed by atoms with Gasteiger partial charge in [0.15, 0.2) is 0 Å². The Balaban J connectivity index is 2.04. The van der Waals surface area contributed by atoms with E-state index in [1.165, 1.54) is 11.1 Å². The fraction of sp³-hybridized carbons (Fsp3) is 0.500. The van der Waals surface area contributed by atoms with Crippen LogP contribution in [0, 0.1) is 0 Å². The molecular weight excluding hydrogens is 276 g/mol. The Labute approximate surface area is 133 Å². The summed E-state index contributed by atoms with van der Waals surface area (Å²) in [5, 5.41) is 0. The summed E-state index contributed by atoms with van der Waals surface area (Å²) < 4.78 is 5.63. The van der Waals surface area contributed by atoms with Crippen molar-refractivity contribution < 1.29 is 9.53 Å². The van der Waals surface area contributed by atoms with Gasteiger partial charge in [0.2, 0.25) is 0 Å². The second-order valence-corrected chi connectivity index (χ2v) is 5.83. The molecule has 1 saturated heterocycles. The highest BCUT2D eigenvalue weighted by molar-refractivity contribution is 5.80. The van der Waals surface area contributed by atoms with Gasteiger partial charge in [0.05, 0.1) is 6.61 Å². The normalized spacial score (nSPS) is 20.0. The predicted molar refractivity (Wildman–Crippen MR) is 89.6 cm³/mol. The largest absolute Gasteiger partial charge is 0.366 e. The predicted octanol–water partition coefficient (Wildman–Crippen LogP) is 2.27. The van der Waals surface area contributed by atoms with Crippen LogP contribution >= 0.6 is 0 Å². The number of ether oxygens (including phenoxy) is 1. The topological polar surface area (TPSA) is 32.8 Å². The zero-order valence-corrected chi connectivity index (χ0v) is 13.8. The molecule has 0 radical (unpaired) electrons. The molecule has 2 rings (SSSR count). The third kappa shape index (κ3) is 4.42. The molecule has 1 unspecified atom stereocenters. The third-order valence-electron chi connectivity index (χ3n) is 3.86. The van der Waals surface area contributed by atoms with E-state index in [4.69, 9.17) is 4.74 Å². The van der Waals surface area contributed by atoms with Crippen LogP contribution in [0.15, 0.2) is 36.4 Å². The van der Waals surface area contributed by atoms with Gasteiger partial charge in [-0.2, -0.15) is 0 Å². The Bertz CT molecular complexity index is 511. The summed E-state index contributed by atoms with van der Waals surface area (Å²) in [6.07, 6.45) is 2.93. The lowest BCUT2D eigenvalue weighted by Gasteiger charge is -2.33. The zero-order chi connectivity index (χ0) is 15.9. The van der Waals surface area contributed by atoms with Gasteiger partial charge in [-0.1, -0.05) is 43.3 Å². The molecule has 1 atom stereocenters. The summed E-state index contributed by atoms with van der Waals surface area (Å²) in [5.74, 6) is 0.0467. The SMILES string of the molecule is CCC=C(CN1CCOC(C(=O)N(C)C)C1)c1ccccc1. The van der Waals surface area contributed by atoms with Gasteiger partial charge < -0.3 is 9.64 Å². The van der Waals surface area contributed by atoms with Gasteiger partial charge in [0.1, 0.15) is 6.10 Å². The van der Waals surface area contributed by atoms with Crippen LogP contribution in [-0.2, 0) is 9.53 Å². The number of carbonyl (C=O) groups excluding carboxylic acids is 1. The van der Waals surface area contributed by atoms with Crippen molar-refractivity contribution in [2.75, 3.05) is 40.3 Å². The molecule has 1 aliphatic rings. The van der Waals surface area contributed by atoms with Crippen LogP contribution < -0.4 is 0 Å². The standard InChI is InChI=1S/C18H26N2O2/c1-4-8-16(15-9-6-5-7-10-15)13-20-11-12-22-17(14-20)18(21)19(2)3/h5-10,17H,4,11-14H2,1-3H3. The van der Waals surface area contributed by atoms with E-state index in [1.54, 1.807) is 19.0 Å². The van der Waals surface area contributed by atoms with Crippen molar-refractivity contribution in [1.82, 2.24) is 9.80 Å². The van der Waals surface area contributed by atoms with Crippen LogP contribution in [0.4, 0.5) is 0 Å². The van der Waals surface area contributed by atoms with Crippen LogP contribution in [0.5, 0.6) is 0 Å². The minimum atomic E-state index is -0.345. The van der Waals surface area contributed by atoms with Gasteiger partial charge in [-0.3, -0.25) is 9.69 Å². The van der Waals surface area contributed by atoms with Crippen molar-refractivity contribution in [2.45, 2.75) is 19.4 Å². The minimum Gasteiger partial charge on any atom is -0.366 e. The Kier molecular flexibility index (Phi) is 6.16. The molecule has 1 aromatic rings. The summed E-state index contributed by atoms with van der Waals surface area (Å²) in [4.78, 5) is 16.0. The number of rotatable bonds is 5. The molecule has 1 fully saturated rings. The van der Waals surface area contributed by atoms with E-state index < -0.39 is 0 Å². The van der Waals surface area contributed by atoms with Crippen molar-refractivity contribution >= 4 is 11.5 Å². The molecule has 1 heterocycles. The van der Waals surface area contributed by atoms with Gasteiger partial charge in [-0.05, 0) is 17.6 Å². The summed E-state index contributed by atoms with van der Waals surface area (Å²) in [6.45, 7) is 5.15. The monoisotopic (exact) mass is 302 g/mol. The molecule has 0 N–H and O–H groups in total. The molecule has 0 spiro atoms. The van der Waals surface area contributed by atoms with Crippen molar-refractivity contribution in [2.24, 2.45) is 0 Å². The summed E-state index contributed by atoms with van der Waals surface area (Å²) in [7, 11) is 3.55. The molecular formula is C18H26N2O2. The Morgan fingerprint density at radius 3 is 2.73 bits per heavy atom. The first kappa shape index (κ1) is 16.7. The third-order valence-corrected chi connectivity index (χ3v) is 3.86. The van der Waals surface area contributed by atoms with E-state index in [9.17, 15) is 4.79 Å². The Hall–Kier alpha value is -1.65. The molecule has 0 aromatic heterocycles. The smallest absolute Gasteiger partial charge is 0.252 e. The maximum Gasteiger partial charge on any atom is 0.252 e. The number of nitrogens with zero attached hydrogens (tertiary/aromatic N) is 2. The van der Waals surface area contributed by atoms with E-state index >= 15 is 0 Å². The summed E-state index contributed by atoms with van der Waals surface area (Å²) in [6, 6.07) is 10.5. The van der Waals surface area contributed by atoms with Gasteiger partial charge in [0, 0.05) is 33.7 Å². The van der Waals surface area contributed by atoms with Gasteiger partial charge >= 0.3 is 0 Å². The Morgan fingerprint density at radius 2 is 2.09 bits per heavy atom. The molecule has 1 aromatic carbocycles. The van der Waals surface area contributed by atoms with Gasteiger partial charge in [-0.25, -0.2) is 0 Å². The number of likely N-dealkylation sites (N-methyl/N-ethyl adjacent to an activating group) is 1. The fourth-order valence-electron chi connectivity index (χ4n) is 2.70. The zero-order valence-electron chi connectivity index (χ0n) is 13.8. The summed E-state index contributed by atoms with van der Waals surface area (Å²) >= 11 is 0. The molecule has 1 aliphatic heterocycles. The molecule has 0 aliphatic carbocycles. The van der Waals surface area contributed by atoms with Crippen molar-refractivity contribution in [3.63, 3.8) is 0 Å². The number of morpholine rings is 1. The second-order valence-electron chi connectivity index (χ2n) is 5.83. The molecule has 4 nitrogen and oxygen atoms in total. The lowest BCUT2D eigenvalue weighted by Crippen LogP contribution is -2.49. The summed E-state index contributed by atoms with van der Waals surface area (Å²) in [5.41, 5.74) is 2.58. The van der Waals surface area contributed by atoms with E-state index in [0.29, 0.717) is 13.2 Å².